The third kappa shape index (κ3) is 3.14. The van der Waals surface area contributed by atoms with E-state index in [0.717, 1.165) is 10.2 Å². The number of carbonyl (C=O) groups is 1. The molecule has 1 heterocycles. The molecule has 0 radical (unpaired) electrons. The van der Waals surface area contributed by atoms with Crippen molar-refractivity contribution in [2.24, 2.45) is 0 Å². The van der Waals surface area contributed by atoms with E-state index in [-0.39, 0.29) is 11.6 Å². The highest BCUT2D eigenvalue weighted by molar-refractivity contribution is 9.10. The van der Waals surface area contributed by atoms with Gasteiger partial charge in [-0.3, -0.25) is 0 Å². The molecule has 0 atom stereocenters. The third-order valence-corrected chi connectivity index (χ3v) is 3.36. The lowest BCUT2D eigenvalue weighted by Crippen LogP contribution is -2.10. The molecule has 5 nitrogen and oxygen atoms in total. The molecule has 2 aromatic rings. The monoisotopic (exact) mass is 335 g/mol. The maximum absolute atomic E-state index is 11.3. The third-order valence-electron chi connectivity index (χ3n) is 2.67. The van der Waals surface area contributed by atoms with Crippen molar-refractivity contribution < 1.29 is 9.90 Å². The Balaban J connectivity index is 2.41. The highest BCUT2D eigenvalue weighted by Crippen LogP contribution is 2.27. The van der Waals surface area contributed by atoms with Gasteiger partial charge in [0.1, 0.15) is 5.82 Å². The number of para-hydroxylation sites is 1. The van der Waals surface area contributed by atoms with Gasteiger partial charge in [0, 0.05) is 10.4 Å². The number of rotatable bonds is 4. The van der Waals surface area contributed by atoms with Gasteiger partial charge in [0.25, 0.3) is 0 Å². The topological polar surface area (TPSA) is 75.1 Å². The van der Waals surface area contributed by atoms with Gasteiger partial charge in [-0.15, -0.1) is 0 Å². The number of benzene rings is 1. The standard InChI is InChI=1S/C14H14BrN3O2/c1-8(2)13-16-7-11(12(18-13)14(19)20)17-10-6-4-3-5-9(10)15/h3-8,17H,1-2H3,(H,19,20). The molecule has 20 heavy (non-hydrogen) atoms. The number of anilines is 2. The minimum absolute atomic E-state index is 0.0283. The smallest absolute Gasteiger partial charge is 0.356 e. The Morgan fingerprint density at radius 3 is 2.60 bits per heavy atom. The van der Waals surface area contributed by atoms with Gasteiger partial charge in [-0.05, 0) is 28.1 Å². The van der Waals surface area contributed by atoms with E-state index in [4.69, 9.17) is 0 Å². The molecular formula is C14H14BrN3O2. The second kappa shape index (κ2) is 6.00. The van der Waals surface area contributed by atoms with Crippen molar-refractivity contribution in [3.8, 4) is 0 Å². The molecule has 0 unspecified atom stereocenters. The molecule has 2 N–H and O–H groups in total. The number of carboxylic acids is 1. The van der Waals surface area contributed by atoms with Gasteiger partial charge in [0.2, 0.25) is 0 Å². The van der Waals surface area contributed by atoms with E-state index in [0.29, 0.717) is 11.5 Å². The molecule has 6 heteroatoms. The zero-order valence-electron chi connectivity index (χ0n) is 11.1. The van der Waals surface area contributed by atoms with E-state index in [1.807, 2.05) is 38.1 Å². The Morgan fingerprint density at radius 2 is 2.00 bits per heavy atom. The zero-order valence-corrected chi connectivity index (χ0v) is 12.7. The van der Waals surface area contributed by atoms with Crippen LogP contribution in [0.1, 0.15) is 36.1 Å². The van der Waals surface area contributed by atoms with Crippen LogP contribution in [-0.4, -0.2) is 21.0 Å². The fourth-order valence-electron chi connectivity index (χ4n) is 1.64. The summed E-state index contributed by atoms with van der Waals surface area (Å²) in [4.78, 5) is 19.6. The first-order valence-corrected chi connectivity index (χ1v) is 6.90. The first kappa shape index (κ1) is 14.5. The van der Waals surface area contributed by atoms with Gasteiger partial charge in [-0.25, -0.2) is 14.8 Å². The molecule has 1 aromatic carbocycles. The van der Waals surface area contributed by atoms with E-state index in [9.17, 15) is 9.90 Å². The summed E-state index contributed by atoms with van der Waals surface area (Å²) in [5, 5.41) is 12.3. The maximum atomic E-state index is 11.3. The van der Waals surface area contributed by atoms with Crippen LogP contribution in [0.3, 0.4) is 0 Å². The number of aromatic nitrogens is 2. The molecule has 0 aliphatic rings. The minimum atomic E-state index is -1.08. The SMILES string of the molecule is CC(C)c1ncc(Nc2ccccc2Br)c(C(=O)O)n1. The molecule has 0 spiro atoms. The van der Waals surface area contributed by atoms with Crippen LogP contribution < -0.4 is 5.32 Å². The van der Waals surface area contributed by atoms with Crippen molar-refractivity contribution >= 4 is 33.3 Å². The summed E-state index contributed by atoms with van der Waals surface area (Å²) in [5.74, 6) is -0.491. The highest BCUT2D eigenvalue weighted by Gasteiger charge is 2.16. The number of nitrogens with zero attached hydrogens (tertiary/aromatic N) is 2. The molecule has 0 bridgehead atoms. The molecule has 0 saturated carbocycles. The van der Waals surface area contributed by atoms with Crippen LogP contribution in [0.2, 0.25) is 0 Å². The van der Waals surface area contributed by atoms with E-state index in [1.54, 1.807) is 0 Å². The lowest BCUT2D eigenvalue weighted by Gasteiger charge is -2.12. The van der Waals surface area contributed by atoms with Gasteiger partial charge in [-0.1, -0.05) is 26.0 Å². The lowest BCUT2D eigenvalue weighted by molar-refractivity contribution is 0.0691. The number of halogens is 1. The molecule has 0 aliphatic carbocycles. The Bertz CT molecular complexity index is 644. The number of hydrogen-bond donors (Lipinski definition) is 2. The first-order valence-electron chi connectivity index (χ1n) is 6.11. The van der Waals surface area contributed by atoms with Gasteiger partial charge in [0.05, 0.1) is 17.6 Å². The molecule has 0 aliphatic heterocycles. The minimum Gasteiger partial charge on any atom is -0.476 e. The summed E-state index contributed by atoms with van der Waals surface area (Å²) >= 11 is 3.40. The van der Waals surface area contributed by atoms with Crippen LogP contribution in [-0.2, 0) is 0 Å². The van der Waals surface area contributed by atoms with Crippen LogP contribution in [0, 0.1) is 0 Å². The molecule has 2 rings (SSSR count). The molecule has 0 amide bonds. The second-order valence-corrected chi connectivity index (χ2v) is 5.41. The van der Waals surface area contributed by atoms with Crippen molar-refractivity contribution in [1.29, 1.82) is 0 Å². The van der Waals surface area contributed by atoms with Crippen molar-refractivity contribution in [1.82, 2.24) is 9.97 Å². The van der Waals surface area contributed by atoms with Gasteiger partial charge < -0.3 is 10.4 Å². The molecule has 0 fully saturated rings. The van der Waals surface area contributed by atoms with Gasteiger partial charge in [-0.2, -0.15) is 0 Å². The average molecular weight is 336 g/mol. The fourth-order valence-corrected chi connectivity index (χ4v) is 2.02. The number of carboxylic acid groups (broad SMARTS) is 1. The lowest BCUT2D eigenvalue weighted by atomic mass is 10.2. The summed E-state index contributed by atoms with van der Waals surface area (Å²) in [5.41, 5.74) is 1.10. The summed E-state index contributed by atoms with van der Waals surface area (Å²) in [6, 6.07) is 7.45. The second-order valence-electron chi connectivity index (χ2n) is 4.56. The predicted molar refractivity (Wildman–Crippen MR) is 80.5 cm³/mol. The number of aromatic carboxylic acids is 1. The van der Waals surface area contributed by atoms with Gasteiger partial charge >= 0.3 is 5.97 Å². The summed E-state index contributed by atoms with van der Waals surface area (Å²) < 4.78 is 0.837. The Kier molecular flexibility index (Phi) is 4.34. The van der Waals surface area contributed by atoms with Crippen LogP contribution in [0.4, 0.5) is 11.4 Å². The fraction of sp³-hybridized carbons (Fsp3) is 0.214. The van der Waals surface area contributed by atoms with E-state index in [2.05, 4.69) is 31.2 Å². The molecule has 104 valence electrons. The Hall–Kier alpha value is -1.95. The quantitative estimate of drug-likeness (QED) is 0.888. The first-order chi connectivity index (χ1) is 9.49. The van der Waals surface area contributed by atoms with Crippen molar-refractivity contribution in [2.75, 3.05) is 5.32 Å². The average Bonchev–Trinajstić information content (AvgIpc) is 2.41. The van der Waals surface area contributed by atoms with E-state index < -0.39 is 5.97 Å². The van der Waals surface area contributed by atoms with Crippen LogP contribution >= 0.6 is 15.9 Å². The van der Waals surface area contributed by atoms with Crippen LogP contribution in [0.15, 0.2) is 34.9 Å². The van der Waals surface area contributed by atoms with E-state index in [1.165, 1.54) is 6.20 Å². The zero-order chi connectivity index (χ0) is 14.7. The Labute approximate surface area is 125 Å². The summed E-state index contributed by atoms with van der Waals surface area (Å²) in [7, 11) is 0. The predicted octanol–water partition coefficient (Wildman–Crippen LogP) is 3.80. The largest absolute Gasteiger partial charge is 0.476 e. The number of nitrogens with one attached hydrogen (secondary N) is 1. The van der Waals surface area contributed by atoms with Crippen molar-refractivity contribution in [3.63, 3.8) is 0 Å². The van der Waals surface area contributed by atoms with E-state index >= 15 is 0 Å². The van der Waals surface area contributed by atoms with Crippen molar-refractivity contribution in [2.45, 2.75) is 19.8 Å². The number of hydrogen-bond acceptors (Lipinski definition) is 4. The highest BCUT2D eigenvalue weighted by atomic mass is 79.9. The summed E-state index contributed by atoms with van der Waals surface area (Å²) in [6.07, 6.45) is 1.51. The van der Waals surface area contributed by atoms with Gasteiger partial charge in [0.15, 0.2) is 5.69 Å². The summed E-state index contributed by atoms with van der Waals surface area (Å²) in [6.45, 7) is 3.84. The Morgan fingerprint density at radius 1 is 1.30 bits per heavy atom. The van der Waals surface area contributed by atoms with Crippen LogP contribution in [0.5, 0.6) is 0 Å². The molecule has 1 aromatic heterocycles. The molecular weight excluding hydrogens is 322 g/mol. The van der Waals surface area contributed by atoms with Crippen LogP contribution in [0.25, 0.3) is 0 Å². The van der Waals surface area contributed by atoms with Crippen molar-refractivity contribution in [3.05, 3.63) is 46.5 Å². The normalized spacial score (nSPS) is 10.6. The molecule has 0 saturated heterocycles. The maximum Gasteiger partial charge on any atom is 0.356 e.